The Morgan fingerprint density at radius 2 is 2.23 bits per heavy atom. The van der Waals surface area contributed by atoms with Gasteiger partial charge in [0.25, 0.3) is 5.91 Å². The van der Waals surface area contributed by atoms with Gasteiger partial charge in [-0.1, -0.05) is 26.7 Å². The summed E-state index contributed by atoms with van der Waals surface area (Å²) < 4.78 is 3.26. The Kier molecular flexibility index (Phi) is 5.50. The minimum absolute atomic E-state index is 0.256. The normalized spacial score (nSPS) is 12.3. The molecular weight excluding hydrogens is 330 g/mol. The second-order valence-electron chi connectivity index (χ2n) is 6.59. The lowest BCUT2D eigenvalue weighted by atomic mass is 10.0. The molecule has 8 heteroatoms. The fourth-order valence-electron chi connectivity index (χ4n) is 2.81. The zero-order valence-electron chi connectivity index (χ0n) is 15.4. The Labute approximate surface area is 152 Å². The molecule has 1 unspecified atom stereocenters. The molecule has 0 bridgehead atoms. The van der Waals surface area contributed by atoms with Crippen molar-refractivity contribution >= 4 is 23.1 Å². The van der Waals surface area contributed by atoms with Crippen LogP contribution in [0.1, 0.15) is 43.5 Å². The highest BCUT2D eigenvalue weighted by Gasteiger charge is 2.17. The van der Waals surface area contributed by atoms with Gasteiger partial charge in [-0.2, -0.15) is 10.2 Å². The molecule has 0 radical (unpaired) electrons. The van der Waals surface area contributed by atoms with Crippen LogP contribution in [-0.2, 0) is 7.05 Å². The Morgan fingerprint density at radius 3 is 3.04 bits per heavy atom. The van der Waals surface area contributed by atoms with Gasteiger partial charge in [0.2, 0.25) is 0 Å². The molecule has 26 heavy (non-hydrogen) atoms. The van der Waals surface area contributed by atoms with Crippen LogP contribution >= 0.6 is 0 Å². The van der Waals surface area contributed by atoms with E-state index in [1.54, 1.807) is 33.9 Å². The fraction of sp³-hybridized carbons (Fsp3) is 0.444. The summed E-state index contributed by atoms with van der Waals surface area (Å²) in [6.45, 7) is 5.23. The minimum Gasteiger partial charge on any atom is -0.367 e. The number of amides is 1. The highest BCUT2D eigenvalue weighted by atomic mass is 16.1. The maximum absolute atomic E-state index is 12.7. The van der Waals surface area contributed by atoms with Gasteiger partial charge in [-0.05, 0) is 18.4 Å². The average Bonchev–Trinajstić information content (AvgIpc) is 3.21. The van der Waals surface area contributed by atoms with Gasteiger partial charge in [-0.25, -0.2) is 9.50 Å². The number of hydrogen-bond donors (Lipinski definition) is 2. The number of carbonyl (C=O) groups excluding carboxylic acids is 1. The van der Waals surface area contributed by atoms with E-state index in [1.165, 1.54) is 25.5 Å². The lowest BCUT2D eigenvalue weighted by molar-refractivity contribution is 0.102. The number of nitrogens with zero attached hydrogens (tertiary/aromatic N) is 5. The first kappa shape index (κ1) is 17.9. The van der Waals surface area contributed by atoms with Crippen molar-refractivity contribution in [3.63, 3.8) is 0 Å². The Hall–Kier alpha value is -2.90. The quantitative estimate of drug-likeness (QED) is 0.648. The molecule has 0 aliphatic carbocycles. The summed E-state index contributed by atoms with van der Waals surface area (Å²) in [4.78, 5) is 16.9. The number of carbonyl (C=O) groups is 1. The first-order chi connectivity index (χ1) is 12.6. The summed E-state index contributed by atoms with van der Waals surface area (Å²) in [5, 5.41) is 14.8. The van der Waals surface area contributed by atoms with Gasteiger partial charge in [0, 0.05) is 26.0 Å². The molecule has 0 saturated heterocycles. The first-order valence-electron chi connectivity index (χ1n) is 8.95. The highest BCUT2D eigenvalue weighted by Crippen LogP contribution is 2.21. The second kappa shape index (κ2) is 7.99. The van der Waals surface area contributed by atoms with Crippen LogP contribution in [-0.4, -0.2) is 36.8 Å². The molecule has 1 atom stereocenters. The van der Waals surface area contributed by atoms with E-state index in [4.69, 9.17) is 0 Å². The van der Waals surface area contributed by atoms with Crippen molar-refractivity contribution in [3.05, 3.63) is 36.4 Å². The van der Waals surface area contributed by atoms with Gasteiger partial charge in [-0.15, -0.1) is 0 Å². The third-order valence-corrected chi connectivity index (χ3v) is 4.27. The van der Waals surface area contributed by atoms with Gasteiger partial charge >= 0.3 is 0 Å². The predicted molar refractivity (Wildman–Crippen MR) is 101 cm³/mol. The van der Waals surface area contributed by atoms with Gasteiger partial charge in [-0.3, -0.25) is 9.48 Å². The minimum atomic E-state index is -0.256. The SMILES string of the molecule is CCCCC(C)CNc1nn(C)cc1NC(=O)c1cnn2cccnc12. The van der Waals surface area contributed by atoms with Crippen LogP contribution in [0.3, 0.4) is 0 Å². The van der Waals surface area contributed by atoms with E-state index in [0.29, 0.717) is 28.6 Å². The standard InChI is InChI=1S/C18H25N7O/c1-4-5-7-13(2)10-20-16-15(12-24(3)23-16)22-18(26)14-11-21-25-9-6-8-19-17(14)25/h6,8-9,11-13H,4-5,7,10H2,1-3H3,(H,20,23)(H,22,26). The van der Waals surface area contributed by atoms with Gasteiger partial charge in [0.05, 0.1) is 12.4 Å². The highest BCUT2D eigenvalue weighted by molar-refractivity contribution is 6.09. The van der Waals surface area contributed by atoms with Gasteiger partial charge in [0.1, 0.15) is 11.3 Å². The molecule has 3 aromatic heterocycles. The first-order valence-corrected chi connectivity index (χ1v) is 8.95. The molecule has 0 spiro atoms. The van der Waals surface area contributed by atoms with Gasteiger partial charge < -0.3 is 10.6 Å². The van der Waals surface area contributed by atoms with Crippen molar-refractivity contribution in [1.29, 1.82) is 0 Å². The molecule has 0 aliphatic heterocycles. The number of fused-ring (bicyclic) bond motifs is 1. The van der Waals surface area contributed by atoms with E-state index in [9.17, 15) is 4.79 Å². The number of unbranched alkanes of at least 4 members (excludes halogenated alkanes) is 1. The predicted octanol–water partition coefficient (Wildman–Crippen LogP) is 2.95. The van der Waals surface area contributed by atoms with Crippen LogP contribution in [0.15, 0.2) is 30.9 Å². The summed E-state index contributed by atoms with van der Waals surface area (Å²) in [6, 6.07) is 1.77. The monoisotopic (exact) mass is 355 g/mol. The molecule has 3 heterocycles. The number of nitrogens with one attached hydrogen (secondary N) is 2. The zero-order valence-corrected chi connectivity index (χ0v) is 15.4. The number of hydrogen-bond acceptors (Lipinski definition) is 5. The van der Waals surface area contributed by atoms with Crippen LogP contribution in [0.25, 0.3) is 5.65 Å². The molecule has 0 aliphatic rings. The fourth-order valence-corrected chi connectivity index (χ4v) is 2.81. The molecule has 0 aromatic carbocycles. The molecule has 1 amide bonds. The average molecular weight is 355 g/mol. The molecule has 2 N–H and O–H groups in total. The summed E-state index contributed by atoms with van der Waals surface area (Å²) >= 11 is 0. The Balaban J connectivity index is 1.70. The van der Waals surface area contributed by atoms with Crippen molar-refractivity contribution in [1.82, 2.24) is 24.4 Å². The smallest absolute Gasteiger partial charge is 0.261 e. The van der Waals surface area contributed by atoms with Crippen LogP contribution < -0.4 is 10.6 Å². The van der Waals surface area contributed by atoms with E-state index in [-0.39, 0.29) is 5.91 Å². The van der Waals surface area contributed by atoms with Crippen LogP contribution in [0.2, 0.25) is 0 Å². The van der Waals surface area contributed by atoms with Crippen molar-refractivity contribution in [2.45, 2.75) is 33.1 Å². The zero-order chi connectivity index (χ0) is 18.5. The van der Waals surface area contributed by atoms with Crippen LogP contribution in [0.4, 0.5) is 11.5 Å². The van der Waals surface area contributed by atoms with Crippen molar-refractivity contribution < 1.29 is 4.79 Å². The molecule has 138 valence electrons. The van der Waals surface area contributed by atoms with E-state index in [0.717, 1.165) is 6.54 Å². The maximum atomic E-state index is 12.7. The van der Waals surface area contributed by atoms with Crippen LogP contribution in [0, 0.1) is 5.92 Å². The Bertz CT molecular complexity index is 883. The molecule has 3 rings (SSSR count). The number of aryl methyl sites for hydroxylation is 1. The summed E-state index contributed by atoms with van der Waals surface area (Å²) in [7, 11) is 1.83. The van der Waals surface area contributed by atoms with Crippen LogP contribution in [0.5, 0.6) is 0 Å². The number of rotatable bonds is 8. The molecule has 8 nitrogen and oxygen atoms in total. The topological polar surface area (TPSA) is 89.1 Å². The van der Waals surface area contributed by atoms with E-state index < -0.39 is 0 Å². The van der Waals surface area contributed by atoms with Crippen molar-refractivity contribution in [3.8, 4) is 0 Å². The molecule has 0 saturated carbocycles. The number of aromatic nitrogens is 5. The number of anilines is 2. The summed E-state index contributed by atoms with van der Waals surface area (Å²) in [5.74, 6) is 0.965. The summed E-state index contributed by atoms with van der Waals surface area (Å²) in [6.07, 6.45) is 10.3. The molecular formula is C18H25N7O. The third-order valence-electron chi connectivity index (χ3n) is 4.27. The molecule has 3 aromatic rings. The largest absolute Gasteiger partial charge is 0.367 e. The van der Waals surface area contributed by atoms with E-state index in [1.807, 2.05) is 7.05 Å². The van der Waals surface area contributed by atoms with Crippen molar-refractivity contribution in [2.75, 3.05) is 17.2 Å². The summed E-state index contributed by atoms with van der Waals surface area (Å²) in [5.41, 5.74) is 1.60. The lowest BCUT2D eigenvalue weighted by Crippen LogP contribution is -2.15. The molecule has 0 fully saturated rings. The van der Waals surface area contributed by atoms with E-state index in [2.05, 4.69) is 39.7 Å². The maximum Gasteiger partial charge on any atom is 0.261 e. The second-order valence-corrected chi connectivity index (χ2v) is 6.59. The van der Waals surface area contributed by atoms with Gasteiger partial charge in [0.15, 0.2) is 11.5 Å². The van der Waals surface area contributed by atoms with E-state index >= 15 is 0 Å². The Morgan fingerprint density at radius 1 is 1.38 bits per heavy atom. The van der Waals surface area contributed by atoms with Crippen molar-refractivity contribution in [2.24, 2.45) is 13.0 Å². The lowest BCUT2D eigenvalue weighted by Gasteiger charge is -2.12. The third kappa shape index (κ3) is 4.01.